The van der Waals surface area contributed by atoms with Crippen LogP contribution in [0.15, 0.2) is 88.7 Å². The fraction of sp³-hybridized carbons (Fsp3) is 0.269. The summed E-state index contributed by atoms with van der Waals surface area (Å²) in [5.41, 5.74) is 1.72. The average molecular weight is 498 g/mol. The van der Waals surface area contributed by atoms with Crippen LogP contribution in [0.4, 0.5) is 0 Å². The highest BCUT2D eigenvalue weighted by molar-refractivity contribution is 8.00. The van der Waals surface area contributed by atoms with Crippen molar-refractivity contribution in [2.24, 2.45) is 5.92 Å². The Kier molecular flexibility index (Phi) is 7.30. The highest BCUT2D eigenvalue weighted by atomic mass is 32.2. The zero-order valence-corrected chi connectivity index (χ0v) is 20.6. The number of carbonyl (C=O) groups is 1. The van der Waals surface area contributed by atoms with E-state index in [1.165, 1.54) is 16.1 Å². The lowest BCUT2D eigenvalue weighted by Gasteiger charge is -2.41. The lowest BCUT2D eigenvalue weighted by atomic mass is 9.90. The molecule has 3 atom stereocenters. The zero-order valence-electron chi connectivity index (χ0n) is 19.0. The summed E-state index contributed by atoms with van der Waals surface area (Å²) < 4.78 is 34.3. The molecule has 0 unspecified atom stereocenters. The van der Waals surface area contributed by atoms with E-state index in [4.69, 9.17) is 4.74 Å². The standard InChI is InChI=1S/C26H27NO5S2/c1-18-11-13-22(14-12-18)34(30,31)27-17-23(26(28)29)25(33-21-9-4-3-5-10-21)16-24(27)19-7-6-8-20(15-19)32-2/h3-15,23-25H,16-17H2,1-2H3,(H,28,29)/t23-,24+,25-/m1/s1. The Morgan fingerprint density at radius 2 is 1.74 bits per heavy atom. The van der Waals surface area contributed by atoms with Gasteiger partial charge in [-0.25, -0.2) is 8.42 Å². The van der Waals surface area contributed by atoms with E-state index in [0.717, 1.165) is 16.0 Å². The molecular weight excluding hydrogens is 470 g/mol. The Hall–Kier alpha value is -2.81. The Morgan fingerprint density at radius 1 is 1.03 bits per heavy atom. The molecule has 1 aliphatic rings. The predicted molar refractivity (Wildman–Crippen MR) is 133 cm³/mol. The van der Waals surface area contributed by atoms with Gasteiger partial charge in [0.2, 0.25) is 10.0 Å². The number of piperidine rings is 1. The summed E-state index contributed by atoms with van der Waals surface area (Å²) in [6, 6.07) is 23.1. The van der Waals surface area contributed by atoms with Gasteiger partial charge in [-0.15, -0.1) is 11.8 Å². The minimum Gasteiger partial charge on any atom is -0.497 e. The third-order valence-corrected chi connectivity index (χ3v) is 9.34. The Labute approximate surface area is 204 Å². The van der Waals surface area contributed by atoms with Crippen LogP contribution < -0.4 is 4.74 Å². The number of aliphatic carboxylic acids is 1. The van der Waals surface area contributed by atoms with Gasteiger partial charge in [0.05, 0.1) is 24.0 Å². The third-order valence-electron chi connectivity index (χ3n) is 6.08. The number of sulfonamides is 1. The van der Waals surface area contributed by atoms with Gasteiger partial charge in [0, 0.05) is 16.7 Å². The van der Waals surface area contributed by atoms with Crippen LogP contribution >= 0.6 is 11.8 Å². The third kappa shape index (κ3) is 5.14. The Balaban J connectivity index is 1.77. The number of carboxylic acid groups (broad SMARTS) is 1. The summed E-state index contributed by atoms with van der Waals surface area (Å²) in [6.45, 7) is 1.78. The lowest BCUT2D eigenvalue weighted by molar-refractivity contribution is -0.143. The SMILES string of the molecule is COc1cccc([C@@H]2C[C@@H](Sc3ccccc3)[C@H](C(=O)O)CN2S(=O)(=O)c2ccc(C)cc2)c1. The second-order valence-corrected chi connectivity index (χ2v) is 11.5. The molecule has 0 saturated carbocycles. The first-order valence-electron chi connectivity index (χ1n) is 11.0. The first-order chi connectivity index (χ1) is 16.3. The quantitative estimate of drug-likeness (QED) is 0.495. The molecule has 1 aliphatic heterocycles. The van der Waals surface area contributed by atoms with E-state index in [2.05, 4.69) is 0 Å². The molecule has 4 rings (SSSR count). The van der Waals surface area contributed by atoms with Crippen molar-refractivity contribution in [2.75, 3.05) is 13.7 Å². The normalized spacial score (nSPS) is 21.2. The molecule has 6 nitrogen and oxygen atoms in total. The van der Waals surface area contributed by atoms with Crippen LogP contribution in [0.3, 0.4) is 0 Å². The highest BCUT2D eigenvalue weighted by Gasteiger charge is 2.45. The number of rotatable bonds is 7. The minimum atomic E-state index is -3.94. The van der Waals surface area contributed by atoms with Gasteiger partial charge < -0.3 is 9.84 Å². The number of methoxy groups -OCH3 is 1. The van der Waals surface area contributed by atoms with Crippen molar-refractivity contribution in [1.82, 2.24) is 4.31 Å². The van der Waals surface area contributed by atoms with Gasteiger partial charge in [0.15, 0.2) is 0 Å². The van der Waals surface area contributed by atoms with Gasteiger partial charge in [-0.1, -0.05) is 48.0 Å². The first kappa shape index (κ1) is 24.3. The number of ether oxygens (including phenoxy) is 1. The molecular formula is C26H27NO5S2. The molecule has 0 radical (unpaired) electrons. The largest absolute Gasteiger partial charge is 0.497 e. The molecule has 0 spiro atoms. The Morgan fingerprint density at radius 3 is 2.38 bits per heavy atom. The molecule has 1 saturated heterocycles. The molecule has 3 aromatic carbocycles. The topological polar surface area (TPSA) is 83.9 Å². The van der Waals surface area contributed by atoms with E-state index in [0.29, 0.717) is 12.2 Å². The number of hydrogen-bond donors (Lipinski definition) is 1. The summed E-state index contributed by atoms with van der Waals surface area (Å²) in [4.78, 5) is 13.4. The number of thioether (sulfide) groups is 1. The van der Waals surface area contributed by atoms with Crippen molar-refractivity contribution in [2.45, 2.75) is 34.4 Å². The van der Waals surface area contributed by atoms with Crippen LogP contribution in [-0.2, 0) is 14.8 Å². The van der Waals surface area contributed by atoms with Crippen molar-refractivity contribution < 1.29 is 23.1 Å². The van der Waals surface area contributed by atoms with Crippen LogP contribution in [0.25, 0.3) is 0 Å². The zero-order chi connectivity index (χ0) is 24.3. The predicted octanol–water partition coefficient (Wildman–Crippen LogP) is 5.00. The first-order valence-corrected chi connectivity index (χ1v) is 13.3. The maximum atomic E-state index is 13.8. The van der Waals surface area contributed by atoms with Gasteiger partial charge in [-0.2, -0.15) is 4.31 Å². The van der Waals surface area contributed by atoms with Crippen LogP contribution in [-0.4, -0.2) is 42.7 Å². The highest BCUT2D eigenvalue weighted by Crippen LogP contribution is 2.44. The Bertz CT molecular complexity index is 1250. The fourth-order valence-electron chi connectivity index (χ4n) is 4.24. The molecule has 0 aromatic heterocycles. The van der Waals surface area contributed by atoms with Crippen LogP contribution in [0.1, 0.15) is 23.6 Å². The molecule has 0 amide bonds. The molecule has 8 heteroatoms. The number of benzene rings is 3. The van der Waals surface area contributed by atoms with E-state index < -0.39 is 28.0 Å². The summed E-state index contributed by atoms with van der Waals surface area (Å²) in [5, 5.41) is 9.76. The second kappa shape index (κ2) is 10.2. The molecule has 1 heterocycles. The number of hydrogen-bond acceptors (Lipinski definition) is 5. The van der Waals surface area contributed by atoms with Gasteiger partial charge in [-0.05, 0) is 55.3 Å². The van der Waals surface area contributed by atoms with Gasteiger partial charge in [-0.3, -0.25) is 4.79 Å². The molecule has 34 heavy (non-hydrogen) atoms. The van der Waals surface area contributed by atoms with E-state index in [-0.39, 0.29) is 16.7 Å². The summed E-state index contributed by atoms with van der Waals surface area (Å²) in [6.07, 6.45) is 0.356. The van der Waals surface area contributed by atoms with E-state index in [1.54, 1.807) is 37.4 Å². The van der Waals surface area contributed by atoms with Crippen molar-refractivity contribution in [3.8, 4) is 5.75 Å². The number of aryl methyl sites for hydroxylation is 1. The van der Waals surface area contributed by atoms with E-state index in [9.17, 15) is 18.3 Å². The number of carboxylic acids is 1. The molecule has 178 valence electrons. The van der Waals surface area contributed by atoms with Crippen molar-refractivity contribution in [3.63, 3.8) is 0 Å². The fourth-order valence-corrected chi connectivity index (χ4v) is 7.20. The molecule has 1 fully saturated rings. The summed E-state index contributed by atoms with van der Waals surface area (Å²) in [7, 11) is -2.37. The van der Waals surface area contributed by atoms with Gasteiger partial charge in [0.1, 0.15) is 5.75 Å². The molecule has 0 aliphatic carbocycles. The molecule has 1 N–H and O–H groups in total. The maximum Gasteiger partial charge on any atom is 0.308 e. The van der Waals surface area contributed by atoms with Crippen molar-refractivity contribution >= 4 is 27.8 Å². The van der Waals surface area contributed by atoms with Gasteiger partial charge >= 0.3 is 5.97 Å². The monoisotopic (exact) mass is 497 g/mol. The minimum absolute atomic E-state index is 0.113. The van der Waals surface area contributed by atoms with Crippen molar-refractivity contribution in [3.05, 3.63) is 90.0 Å². The van der Waals surface area contributed by atoms with Crippen LogP contribution in [0.2, 0.25) is 0 Å². The second-order valence-electron chi connectivity index (χ2n) is 8.33. The van der Waals surface area contributed by atoms with Crippen LogP contribution in [0, 0.1) is 12.8 Å². The number of nitrogens with zero attached hydrogens (tertiary/aromatic N) is 1. The maximum absolute atomic E-state index is 13.8. The lowest BCUT2D eigenvalue weighted by Crippen LogP contribution is -2.49. The van der Waals surface area contributed by atoms with E-state index in [1.807, 2.05) is 55.5 Å². The van der Waals surface area contributed by atoms with Crippen molar-refractivity contribution in [1.29, 1.82) is 0 Å². The van der Waals surface area contributed by atoms with Gasteiger partial charge in [0.25, 0.3) is 0 Å². The molecule has 3 aromatic rings. The molecule has 0 bridgehead atoms. The smallest absolute Gasteiger partial charge is 0.308 e. The van der Waals surface area contributed by atoms with Crippen LogP contribution in [0.5, 0.6) is 5.75 Å². The average Bonchev–Trinajstić information content (AvgIpc) is 2.84. The van der Waals surface area contributed by atoms with E-state index >= 15 is 0 Å². The summed E-state index contributed by atoms with van der Waals surface area (Å²) in [5.74, 6) is -1.23. The summed E-state index contributed by atoms with van der Waals surface area (Å²) >= 11 is 1.49.